The fraction of sp³-hybridized carbons (Fsp3) is 0.444. The van der Waals surface area contributed by atoms with E-state index < -0.39 is 5.60 Å². The second-order valence-electron chi connectivity index (χ2n) is 6.44. The van der Waals surface area contributed by atoms with Crippen molar-refractivity contribution in [3.05, 3.63) is 48.5 Å². The number of aryl methyl sites for hydroxylation is 1. The van der Waals surface area contributed by atoms with Gasteiger partial charge in [0.15, 0.2) is 0 Å². The van der Waals surface area contributed by atoms with Crippen LogP contribution in [0.4, 0.5) is 5.95 Å². The molecule has 1 atom stereocenters. The monoisotopic (exact) mass is 341 g/mol. The molecule has 0 aliphatic carbocycles. The van der Waals surface area contributed by atoms with Crippen LogP contribution in [0.5, 0.6) is 0 Å². The molecule has 2 aromatic heterocycles. The number of aromatic nitrogens is 3. The molecular formula is C18H23N5O2. The summed E-state index contributed by atoms with van der Waals surface area (Å²) in [4.78, 5) is 26.5. The molecule has 7 nitrogen and oxygen atoms in total. The molecule has 3 rings (SSSR count). The highest BCUT2D eigenvalue weighted by Crippen LogP contribution is 2.23. The molecule has 1 fully saturated rings. The minimum Gasteiger partial charge on any atom is -0.386 e. The fourth-order valence-corrected chi connectivity index (χ4v) is 3.04. The van der Waals surface area contributed by atoms with E-state index in [1.807, 2.05) is 17.0 Å². The standard InChI is InChI=1S/C18H23N5O2/c24-16(6-5-15-4-1-8-19-12-15)22-13-18(25)7-2-11-23(14-18)17-20-9-3-10-21-17/h1,3-4,8-10,12,25H,2,5-7,11,13-14H2,(H,22,24)/t18-/m1/s1. The lowest BCUT2D eigenvalue weighted by Gasteiger charge is -2.39. The van der Waals surface area contributed by atoms with Crippen LogP contribution in [0.2, 0.25) is 0 Å². The average Bonchev–Trinajstić information content (AvgIpc) is 2.66. The number of carbonyl (C=O) groups is 1. The number of anilines is 1. The van der Waals surface area contributed by atoms with Gasteiger partial charge in [-0.3, -0.25) is 9.78 Å². The van der Waals surface area contributed by atoms with Gasteiger partial charge in [-0.1, -0.05) is 6.07 Å². The Morgan fingerprint density at radius 3 is 2.88 bits per heavy atom. The minimum absolute atomic E-state index is 0.0645. The van der Waals surface area contributed by atoms with Crippen LogP contribution in [0.25, 0.3) is 0 Å². The van der Waals surface area contributed by atoms with Crippen molar-refractivity contribution in [1.29, 1.82) is 0 Å². The third-order valence-electron chi connectivity index (χ3n) is 4.37. The van der Waals surface area contributed by atoms with E-state index in [4.69, 9.17) is 0 Å². The Balaban J connectivity index is 1.48. The van der Waals surface area contributed by atoms with Crippen molar-refractivity contribution in [3.8, 4) is 0 Å². The van der Waals surface area contributed by atoms with Gasteiger partial charge in [0.1, 0.15) is 0 Å². The number of amides is 1. The van der Waals surface area contributed by atoms with Gasteiger partial charge in [0, 0.05) is 44.3 Å². The summed E-state index contributed by atoms with van der Waals surface area (Å²) in [5.41, 5.74) is 0.0722. The first kappa shape index (κ1) is 17.3. The Bertz CT molecular complexity index is 682. The molecule has 132 valence electrons. The van der Waals surface area contributed by atoms with Crippen molar-refractivity contribution in [2.75, 3.05) is 24.5 Å². The normalized spacial score (nSPS) is 20.3. The van der Waals surface area contributed by atoms with E-state index in [1.54, 1.807) is 30.9 Å². The SMILES string of the molecule is O=C(CCc1cccnc1)NC[C@]1(O)CCCN(c2ncccn2)C1. The maximum Gasteiger partial charge on any atom is 0.225 e. The Morgan fingerprint density at radius 2 is 2.12 bits per heavy atom. The Hall–Kier alpha value is -2.54. The number of nitrogens with zero attached hydrogens (tertiary/aromatic N) is 4. The average molecular weight is 341 g/mol. The highest BCUT2D eigenvalue weighted by molar-refractivity contribution is 5.76. The predicted octanol–water partition coefficient (Wildman–Crippen LogP) is 0.952. The molecule has 1 aliphatic rings. The third kappa shape index (κ3) is 4.96. The summed E-state index contributed by atoms with van der Waals surface area (Å²) in [7, 11) is 0. The van der Waals surface area contributed by atoms with Gasteiger partial charge in [0.25, 0.3) is 0 Å². The zero-order chi connectivity index (χ0) is 17.5. The molecule has 0 spiro atoms. The predicted molar refractivity (Wildman–Crippen MR) is 94.0 cm³/mol. The molecule has 2 aromatic rings. The van der Waals surface area contributed by atoms with E-state index in [0.717, 1.165) is 18.5 Å². The third-order valence-corrected chi connectivity index (χ3v) is 4.37. The van der Waals surface area contributed by atoms with Gasteiger partial charge in [-0.2, -0.15) is 0 Å². The number of hydrogen-bond donors (Lipinski definition) is 2. The van der Waals surface area contributed by atoms with Gasteiger partial charge < -0.3 is 15.3 Å². The number of hydrogen-bond acceptors (Lipinski definition) is 6. The fourth-order valence-electron chi connectivity index (χ4n) is 3.04. The van der Waals surface area contributed by atoms with Gasteiger partial charge in [-0.05, 0) is 37.0 Å². The van der Waals surface area contributed by atoms with E-state index >= 15 is 0 Å². The van der Waals surface area contributed by atoms with Gasteiger partial charge in [-0.15, -0.1) is 0 Å². The van der Waals surface area contributed by atoms with Crippen LogP contribution in [-0.2, 0) is 11.2 Å². The summed E-state index contributed by atoms with van der Waals surface area (Å²) in [6.45, 7) is 1.46. The number of carbonyl (C=O) groups excluding carboxylic acids is 1. The maximum atomic E-state index is 12.1. The van der Waals surface area contributed by atoms with Crippen LogP contribution >= 0.6 is 0 Å². The molecule has 1 aliphatic heterocycles. The molecule has 0 aromatic carbocycles. The lowest BCUT2D eigenvalue weighted by Crippen LogP contribution is -2.54. The van der Waals surface area contributed by atoms with E-state index in [-0.39, 0.29) is 12.5 Å². The second kappa shape index (κ2) is 8.02. The quantitative estimate of drug-likeness (QED) is 0.813. The molecule has 25 heavy (non-hydrogen) atoms. The summed E-state index contributed by atoms with van der Waals surface area (Å²) in [6, 6.07) is 5.58. The van der Waals surface area contributed by atoms with E-state index in [2.05, 4.69) is 20.3 Å². The summed E-state index contributed by atoms with van der Waals surface area (Å²) < 4.78 is 0. The van der Waals surface area contributed by atoms with Gasteiger partial charge in [0.2, 0.25) is 11.9 Å². The molecule has 3 heterocycles. The largest absolute Gasteiger partial charge is 0.386 e. The first-order valence-electron chi connectivity index (χ1n) is 8.55. The summed E-state index contributed by atoms with van der Waals surface area (Å²) in [6.07, 6.45) is 9.37. The number of nitrogens with one attached hydrogen (secondary N) is 1. The molecule has 1 amide bonds. The topological polar surface area (TPSA) is 91.2 Å². The van der Waals surface area contributed by atoms with Crippen molar-refractivity contribution in [2.24, 2.45) is 0 Å². The smallest absolute Gasteiger partial charge is 0.225 e. The van der Waals surface area contributed by atoms with Crippen molar-refractivity contribution >= 4 is 11.9 Å². The van der Waals surface area contributed by atoms with Gasteiger partial charge in [-0.25, -0.2) is 9.97 Å². The van der Waals surface area contributed by atoms with E-state index in [9.17, 15) is 9.90 Å². The van der Waals surface area contributed by atoms with Gasteiger partial charge in [0.05, 0.1) is 12.1 Å². The van der Waals surface area contributed by atoms with Gasteiger partial charge >= 0.3 is 0 Å². The summed E-state index contributed by atoms with van der Waals surface area (Å²) in [5.74, 6) is 0.550. The second-order valence-corrected chi connectivity index (χ2v) is 6.44. The molecule has 7 heteroatoms. The number of rotatable bonds is 6. The number of aliphatic hydroxyl groups is 1. The highest BCUT2D eigenvalue weighted by Gasteiger charge is 2.34. The van der Waals surface area contributed by atoms with Crippen molar-refractivity contribution in [1.82, 2.24) is 20.3 Å². The molecule has 0 saturated carbocycles. The van der Waals surface area contributed by atoms with Crippen LogP contribution in [0.15, 0.2) is 43.0 Å². The molecular weight excluding hydrogens is 318 g/mol. The summed E-state index contributed by atoms with van der Waals surface area (Å²) >= 11 is 0. The van der Waals surface area contributed by atoms with Crippen LogP contribution < -0.4 is 10.2 Å². The molecule has 1 saturated heterocycles. The first-order valence-corrected chi connectivity index (χ1v) is 8.55. The Kier molecular flexibility index (Phi) is 5.55. The van der Waals surface area contributed by atoms with Crippen molar-refractivity contribution in [3.63, 3.8) is 0 Å². The Labute approximate surface area is 147 Å². The molecule has 0 bridgehead atoms. The molecule has 0 unspecified atom stereocenters. The highest BCUT2D eigenvalue weighted by atomic mass is 16.3. The van der Waals surface area contributed by atoms with Crippen molar-refractivity contribution < 1.29 is 9.90 Å². The lowest BCUT2D eigenvalue weighted by molar-refractivity contribution is -0.122. The summed E-state index contributed by atoms with van der Waals surface area (Å²) in [5, 5.41) is 13.7. The zero-order valence-corrected chi connectivity index (χ0v) is 14.1. The van der Waals surface area contributed by atoms with Crippen molar-refractivity contribution in [2.45, 2.75) is 31.3 Å². The maximum absolute atomic E-state index is 12.1. The zero-order valence-electron chi connectivity index (χ0n) is 14.1. The van der Waals surface area contributed by atoms with E-state index in [0.29, 0.717) is 31.8 Å². The van der Waals surface area contributed by atoms with Crippen LogP contribution in [-0.4, -0.2) is 51.2 Å². The number of pyridine rings is 1. The Morgan fingerprint density at radius 1 is 1.28 bits per heavy atom. The van der Waals surface area contributed by atoms with Crippen LogP contribution in [0, 0.1) is 0 Å². The molecule has 2 N–H and O–H groups in total. The van der Waals surface area contributed by atoms with Crippen LogP contribution in [0.1, 0.15) is 24.8 Å². The lowest BCUT2D eigenvalue weighted by atomic mass is 9.93. The van der Waals surface area contributed by atoms with Crippen LogP contribution in [0.3, 0.4) is 0 Å². The first-order chi connectivity index (χ1) is 12.1. The number of β-amino-alcohol motifs (C(OH)–C–C–N with tert-alkyl or cyclic N) is 1. The minimum atomic E-state index is -0.957. The number of piperidine rings is 1. The molecule has 0 radical (unpaired) electrons. The van der Waals surface area contributed by atoms with E-state index in [1.165, 1.54) is 0 Å².